The summed E-state index contributed by atoms with van der Waals surface area (Å²) in [6.07, 6.45) is 3.36. The molecule has 16 heteroatoms. The summed E-state index contributed by atoms with van der Waals surface area (Å²) in [5.41, 5.74) is 11.7. The Bertz CT molecular complexity index is 1040. The molecule has 2 aromatic rings. The first-order chi connectivity index (χ1) is 17.0. The van der Waals surface area contributed by atoms with E-state index in [1.807, 2.05) is 0 Å². The minimum Gasteiger partial charge on any atom is -0.480 e. The van der Waals surface area contributed by atoms with Crippen LogP contribution in [-0.4, -0.2) is 90.0 Å². The number of carbonyl (C=O) groups excluding carboxylic acids is 4. The quantitative estimate of drug-likeness (QED) is 0.120. The van der Waals surface area contributed by atoms with E-state index in [0.29, 0.717) is 11.4 Å². The topological polar surface area (TPSA) is 271 Å². The summed E-state index contributed by atoms with van der Waals surface area (Å²) in [5, 5.41) is 26.0. The molecule has 0 aliphatic heterocycles. The van der Waals surface area contributed by atoms with E-state index >= 15 is 0 Å². The van der Waals surface area contributed by atoms with Crippen molar-refractivity contribution in [3.05, 3.63) is 36.4 Å². The van der Waals surface area contributed by atoms with Gasteiger partial charge in [0.25, 0.3) is 0 Å². The van der Waals surface area contributed by atoms with Crippen molar-refractivity contribution in [1.29, 1.82) is 0 Å². The van der Waals surface area contributed by atoms with Crippen LogP contribution in [-0.2, 0) is 36.8 Å². The molecule has 196 valence electrons. The molecule has 2 aromatic heterocycles. The summed E-state index contributed by atoms with van der Waals surface area (Å²) in [5.74, 6) is -5.02. The van der Waals surface area contributed by atoms with Crippen molar-refractivity contribution in [2.24, 2.45) is 11.5 Å². The summed E-state index contributed by atoms with van der Waals surface area (Å²) in [7, 11) is 0. The van der Waals surface area contributed by atoms with Crippen molar-refractivity contribution < 1.29 is 34.2 Å². The predicted octanol–water partition coefficient (Wildman–Crippen LogP) is -3.96. The normalized spacial score (nSPS) is 15.1. The third-order valence-electron chi connectivity index (χ3n) is 5.07. The number of hydrogen-bond donors (Lipinski definition) is 9. The molecule has 0 fully saturated rings. The average Bonchev–Trinajstić information content (AvgIpc) is 3.50. The van der Waals surface area contributed by atoms with Gasteiger partial charge in [0, 0.05) is 36.6 Å². The van der Waals surface area contributed by atoms with Gasteiger partial charge in [-0.15, -0.1) is 0 Å². The number of aromatic nitrogens is 4. The standard InChI is InChI=1S/C20H29N9O7/c1-9(30)16(22)19(34)28-12(2-10-5-23-7-25-10)17(32)27-13(4-15(21)31)18(33)29-14(20(35)36)3-11-6-24-8-26-11/h5-9,12-14,16,30H,2-4,22H2,1H3,(H2,21,31)(H,23,25)(H,24,26)(H,27,32)(H,28,34)(H,29,33)(H,35,36). The van der Waals surface area contributed by atoms with Gasteiger partial charge < -0.3 is 47.6 Å². The van der Waals surface area contributed by atoms with E-state index in [9.17, 15) is 34.2 Å². The Labute approximate surface area is 204 Å². The van der Waals surface area contributed by atoms with Crippen LogP contribution in [0.5, 0.6) is 0 Å². The number of aliphatic carboxylic acids is 1. The Morgan fingerprint density at radius 2 is 1.36 bits per heavy atom. The number of imidazole rings is 2. The smallest absolute Gasteiger partial charge is 0.326 e. The zero-order valence-corrected chi connectivity index (χ0v) is 19.3. The lowest BCUT2D eigenvalue weighted by Gasteiger charge is -2.25. The largest absolute Gasteiger partial charge is 0.480 e. The van der Waals surface area contributed by atoms with E-state index in [0.717, 1.165) is 0 Å². The molecule has 0 aliphatic carbocycles. The zero-order chi connectivity index (χ0) is 26.8. The van der Waals surface area contributed by atoms with Gasteiger partial charge in [-0.3, -0.25) is 19.2 Å². The number of nitrogens with one attached hydrogen (secondary N) is 5. The molecule has 0 bridgehead atoms. The monoisotopic (exact) mass is 507 g/mol. The van der Waals surface area contributed by atoms with Crippen LogP contribution in [0.4, 0.5) is 0 Å². The molecule has 0 spiro atoms. The summed E-state index contributed by atoms with van der Waals surface area (Å²) < 4.78 is 0. The summed E-state index contributed by atoms with van der Waals surface area (Å²) in [6.45, 7) is 1.30. The molecular weight excluding hydrogens is 478 g/mol. The second-order valence-electron chi connectivity index (χ2n) is 8.02. The molecule has 0 radical (unpaired) electrons. The molecule has 0 saturated heterocycles. The summed E-state index contributed by atoms with van der Waals surface area (Å²) in [6, 6.07) is -5.60. The fourth-order valence-electron chi connectivity index (χ4n) is 3.08. The molecule has 16 nitrogen and oxygen atoms in total. The van der Waals surface area contributed by atoms with Crippen molar-refractivity contribution >= 4 is 29.6 Å². The number of aliphatic hydroxyl groups is 1. The third-order valence-corrected chi connectivity index (χ3v) is 5.07. The Morgan fingerprint density at radius 1 is 0.889 bits per heavy atom. The van der Waals surface area contributed by atoms with E-state index in [1.165, 1.54) is 32.0 Å². The fraction of sp³-hybridized carbons (Fsp3) is 0.450. The number of nitrogens with zero attached hydrogens (tertiary/aromatic N) is 2. The van der Waals surface area contributed by atoms with Crippen molar-refractivity contribution in [2.75, 3.05) is 0 Å². The average molecular weight is 508 g/mol. The number of rotatable bonds is 14. The number of carboxylic acid groups (broad SMARTS) is 1. The molecule has 5 unspecified atom stereocenters. The number of nitrogens with two attached hydrogens (primary N) is 2. The lowest BCUT2D eigenvalue weighted by atomic mass is 10.1. The first kappa shape index (κ1) is 27.9. The third kappa shape index (κ3) is 8.48. The van der Waals surface area contributed by atoms with Crippen LogP contribution in [0.15, 0.2) is 25.0 Å². The number of aromatic amines is 2. The van der Waals surface area contributed by atoms with Gasteiger partial charge in [0.2, 0.25) is 23.6 Å². The zero-order valence-electron chi connectivity index (χ0n) is 19.3. The van der Waals surface area contributed by atoms with E-state index in [-0.39, 0.29) is 12.8 Å². The lowest BCUT2D eigenvalue weighted by Crippen LogP contribution is -2.59. The Hall–Kier alpha value is -4.31. The van der Waals surface area contributed by atoms with Crippen molar-refractivity contribution in [3.63, 3.8) is 0 Å². The van der Waals surface area contributed by atoms with E-state index < -0.39 is 66.3 Å². The molecule has 2 rings (SSSR count). The van der Waals surface area contributed by atoms with E-state index in [1.54, 1.807) is 0 Å². The van der Waals surface area contributed by atoms with E-state index in [2.05, 4.69) is 35.9 Å². The van der Waals surface area contributed by atoms with Gasteiger partial charge in [0.05, 0.1) is 25.2 Å². The van der Waals surface area contributed by atoms with Crippen LogP contribution in [0.2, 0.25) is 0 Å². The Kier molecular flexibility index (Phi) is 10.1. The van der Waals surface area contributed by atoms with Gasteiger partial charge in [0.15, 0.2) is 0 Å². The highest BCUT2D eigenvalue weighted by Gasteiger charge is 2.32. The number of primary amides is 1. The van der Waals surface area contributed by atoms with Crippen LogP contribution < -0.4 is 27.4 Å². The second kappa shape index (κ2) is 13.0. The molecule has 5 atom stereocenters. The Balaban J connectivity index is 2.18. The highest BCUT2D eigenvalue weighted by molar-refractivity contribution is 5.96. The van der Waals surface area contributed by atoms with E-state index in [4.69, 9.17) is 11.5 Å². The minimum absolute atomic E-state index is 0.105. The lowest BCUT2D eigenvalue weighted by molar-refractivity contribution is -0.142. The van der Waals surface area contributed by atoms with Crippen LogP contribution in [0.1, 0.15) is 24.7 Å². The predicted molar refractivity (Wildman–Crippen MR) is 121 cm³/mol. The minimum atomic E-state index is -1.55. The van der Waals surface area contributed by atoms with Gasteiger partial charge in [-0.05, 0) is 6.92 Å². The second-order valence-corrected chi connectivity index (χ2v) is 8.02. The first-order valence-electron chi connectivity index (χ1n) is 10.8. The number of carboxylic acids is 1. The van der Waals surface area contributed by atoms with Crippen LogP contribution >= 0.6 is 0 Å². The molecule has 0 aliphatic rings. The molecule has 0 saturated carbocycles. The molecule has 2 heterocycles. The van der Waals surface area contributed by atoms with Crippen molar-refractivity contribution in [2.45, 2.75) is 56.5 Å². The van der Waals surface area contributed by atoms with Crippen LogP contribution in [0, 0.1) is 0 Å². The molecule has 36 heavy (non-hydrogen) atoms. The molecule has 11 N–H and O–H groups in total. The van der Waals surface area contributed by atoms with Crippen molar-refractivity contribution in [3.8, 4) is 0 Å². The summed E-state index contributed by atoms with van der Waals surface area (Å²) >= 11 is 0. The summed E-state index contributed by atoms with van der Waals surface area (Å²) in [4.78, 5) is 74.6. The van der Waals surface area contributed by atoms with Gasteiger partial charge in [-0.25, -0.2) is 14.8 Å². The first-order valence-corrected chi connectivity index (χ1v) is 10.8. The van der Waals surface area contributed by atoms with Crippen molar-refractivity contribution in [1.82, 2.24) is 35.9 Å². The highest BCUT2D eigenvalue weighted by atomic mass is 16.4. The van der Waals surface area contributed by atoms with Crippen LogP contribution in [0.25, 0.3) is 0 Å². The molecule has 4 amide bonds. The fourth-order valence-corrected chi connectivity index (χ4v) is 3.08. The van der Waals surface area contributed by atoms with Gasteiger partial charge in [-0.2, -0.15) is 0 Å². The molecular formula is C20H29N9O7. The number of hydrogen-bond acceptors (Lipinski definition) is 9. The van der Waals surface area contributed by atoms with Gasteiger partial charge in [-0.1, -0.05) is 0 Å². The Morgan fingerprint density at radius 3 is 1.81 bits per heavy atom. The SMILES string of the molecule is CC(O)C(N)C(=O)NC(Cc1cnc[nH]1)C(=O)NC(CC(N)=O)C(=O)NC(Cc1cnc[nH]1)C(=O)O. The van der Waals surface area contributed by atoms with Crippen LogP contribution in [0.3, 0.4) is 0 Å². The molecule has 0 aromatic carbocycles. The highest BCUT2D eigenvalue weighted by Crippen LogP contribution is 2.04. The number of carbonyl (C=O) groups is 5. The van der Waals surface area contributed by atoms with Gasteiger partial charge >= 0.3 is 5.97 Å². The maximum atomic E-state index is 13.0. The number of amides is 4. The number of H-pyrrole nitrogens is 2. The maximum Gasteiger partial charge on any atom is 0.326 e. The number of aliphatic hydroxyl groups excluding tert-OH is 1. The van der Waals surface area contributed by atoms with Gasteiger partial charge in [0.1, 0.15) is 24.2 Å². The maximum absolute atomic E-state index is 13.0.